The predicted octanol–water partition coefficient (Wildman–Crippen LogP) is 1.51. The second-order valence-corrected chi connectivity index (χ2v) is 4.64. The van der Waals surface area contributed by atoms with Crippen molar-refractivity contribution < 1.29 is 0 Å². The maximum absolute atomic E-state index is 5.52. The standard InChI is InChI=1S/C14H16N4/c15-7-10-8-16-14(17-9-10)18-13-5-11-3-1-2-4-12(11)6-13/h1-4,8-9,13H,5-7,15H2,(H,16,17,18). The minimum atomic E-state index is 0.395. The van der Waals surface area contributed by atoms with Gasteiger partial charge in [-0.1, -0.05) is 24.3 Å². The lowest BCUT2D eigenvalue weighted by Gasteiger charge is -2.11. The Hall–Kier alpha value is -1.94. The van der Waals surface area contributed by atoms with E-state index in [1.807, 2.05) is 0 Å². The molecule has 0 spiro atoms. The first-order valence-electron chi connectivity index (χ1n) is 6.19. The summed E-state index contributed by atoms with van der Waals surface area (Å²) in [5.41, 5.74) is 9.32. The average molecular weight is 240 g/mol. The van der Waals surface area contributed by atoms with Gasteiger partial charge in [-0.25, -0.2) is 9.97 Å². The SMILES string of the molecule is NCc1cnc(NC2Cc3ccccc3C2)nc1. The fourth-order valence-electron chi connectivity index (χ4n) is 2.38. The molecule has 0 aliphatic heterocycles. The van der Waals surface area contributed by atoms with Crippen LogP contribution in [0.4, 0.5) is 5.95 Å². The Bertz CT molecular complexity index is 511. The molecule has 0 radical (unpaired) electrons. The fourth-order valence-corrected chi connectivity index (χ4v) is 2.38. The molecule has 1 aromatic carbocycles. The van der Waals surface area contributed by atoms with E-state index in [4.69, 9.17) is 5.73 Å². The molecule has 2 aromatic rings. The number of aromatic nitrogens is 2. The Morgan fingerprint density at radius 3 is 2.28 bits per heavy atom. The highest BCUT2D eigenvalue weighted by Gasteiger charge is 2.21. The Balaban J connectivity index is 1.68. The largest absolute Gasteiger partial charge is 0.351 e. The highest BCUT2D eigenvalue weighted by atomic mass is 15.1. The Labute approximate surface area is 106 Å². The molecule has 92 valence electrons. The Kier molecular flexibility index (Phi) is 2.94. The molecule has 18 heavy (non-hydrogen) atoms. The van der Waals surface area contributed by atoms with Crippen LogP contribution in [0.2, 0.25) is 0 Å². The van der Waals surface area contributed by atoms with Crippen molar-refractivity contribution in [3.8, 4) is 0 Å². The van der Waals surface area contributed by atoms with Crippen molar-refractivity contribution in [2.45, 2.75) is 25.4 Å². The maximum atomic E-state index is 5.52. The Morgan fingerprint density at radius 2 is 1.72 bits per heavy atom. The minimum absolute atomic E-state index is 0.395. The minimum Gasteiger partial charge on any atom is -0.351 e. The summed E-state index contributed by atoms with van der Waals surface area (Å²) < 4.78 is 0. The van der Waals surface area contributed by atoms with Crippen molar-refractivity contribution in [1.82, 2.24) is 9.97 Å². The molecule has 0 saturated carbocycles. The van der Waals surface area contributed by atoms with Crippen LogP contribution in [0.5, 0.6) is 0 Å². The summed E-state index contributed by atoms with van der Waals surface area (Å²) in [6, 6.07) is 8.96. The van der Waals surface area contributed by atoms with Crippen molar-refractivity contribution >= 4 is 5.95 Å². The molecule has 0 saturated heterocycles. The fraction of sp³-hybridized carbons (Fsp3) is 0.286. The third-order valence-electron chi connectivity index (χ3n) is 3.33. The lowest BCUT2D eigenvalue weighted by Crippen LogP contribution is -2.21. The van der Waals surface area contributed by atoms with Gasteiger partial charge < -0.3 is 11.1 Å². The molecule has 4 nitrogen and oxygen atoms in total. The first kappa shape index (κ1) is 11.2. The van der Waals surface area contributed by atoms with Crippen LogP contribution in [0.25, 0.3) is 0 Å². The summed E-state index contributed by atoms with van der Waals surface area (Å²) in [5.74, 6) is 0.685. The molecule has 4 heteroatoms. The zero-order chi connectivity index (χ0) is 12.4. The van der Waals surface area contributed by atoms with Crippen LogP contribution in [-0.2, 0) is 19.4 Å². The van der Waals surface area contributed by atoms with Gasteiger partial charge in [-0.2, -0.15) is 0 Å². The van der Waals surface area contributed by atoms with E-state index in [2.05, 4.69) is 39.6 Å². The second-order valence-electron chi connectivity index (χ2n) is 4.64. The molecular formula is C14H16N4. The molecule has 1 aliphatic rings. The number of hydrogen-bond donors (Lipinski definition) is 2. The van der Waals surface area contributed by atoms with Crippen molar-refractivity contribution in [1.29, 1.82) is 0 Å². The number of fused-ring (bicyclic) bond motifs is 1. The van der Waals surface area contributed by atoms with E-state index in [1.54, 1.807) is 12.4 Å². The molecule has 0 fully saturated rings. The van der Waals surface area contributed by atoms with Gasteiger partial charge in [-0.05, 0) is 24.0 Å². The third-order valence-corrected chi connectivity index (χ3v) is 3.33. The van der Waals surface area contributed by atoms with E-state index in [1.165, 1.54) is 11.1 Å². The van der Waals surface area contributed by atoms with E-state index in [0.717, 1.165) is 18.4 Å². The van der Waals surface area contributed by atoms with Gasteiger partial charge in [0.2, 0.25) is 5.95 Å². The quantitative estimate of drug-likeness (QED) is 0.853. The van der Waals surface area contributed by atoms with Gasteiger partial charge >= 0.3 is 0 Å². The zero-order valence-electron chi connectivity index (χ0n) is 10.1. The number of rotatable bonds is 3. The van der Waals surface area contributed by atoms with Gasteiger partial charge in [0.05, 0.1) is 0 Å². The highest BCUT2D eigenvalue weighted by molar-refractivity contribution is 5.38. The van der Waals surface area contributed by atoms with Crippen LogP contribution >= 0.6 is 0 Å². The summed E-state index contributed by atoms with van der Waals surface area (Å²) >= 11 is 0. The monoisotopic (exact) mass is 240 g/mol. The smallest absolute Gasteiger partial charge is 0.222 e. The predicted molar refractivity (Wildman–Crippen MR) is 71.2 cm³/mol. The molecule has 1 aromatic heterocycles. The molecule has 1 aliphatic carbocycles. The van der Waals surface area contributed by atoms with Crippen LogP contribution in [0.15, 0.2) is 36.7 Å². The van der Waals surface area contributed by atoms with E-state index >= 15 is 0 Å². The Morgan fingerprint density at radius 1 is 1.11 bits per heavy atom. The number of nitrogens with one attached hydrogen (secondary N) is 1. The van der Waals surface area contributed by atoms with Crippen LogP contribution in [-0.4, -0.2) is 16.0 Å². The van der Waals surface area contributed by atoms with E-state index in [-0.39, 0.29) is 0 Å². The molecule has 0 bridgehead atoms. The number of nitrogens with zero attached hydrogens (tertiary/aromatic N) is 2. The molecule has 0 unspecified atom stereocenters. The first-order valence-corrected chi connectivity index (χ1v) is 6.19. The van der Waals surface area contributed by atoms with Gasteiger partial charge in [-0.3, -0.25) is 0 Å². The van der Waals surface area contributed by atoms with Crippen molar-refractivity contribution in [2.24, 2.45) is 5.73 Å². The van der Waals surface area contributed by atoms with Crippen molar-refractivity contribution in [3.63, 3.8) is 0 Å². The molecule has 3 N–H and O–H groups in total. The van der Waals surface area contributed by atoms with Crippen LogP contribution < -0.4 is 11.1 Å². The molecule has 0 atom stereocenters. The molecule has 0 amide bonds. The molecule has 3 rings (SSSR count). The van der Waals surface area contributed by atoms with Crippen LogP contribution in [0.3, 0.4) is 0 Å². The summed E-state index contributed by atoms with van der Waals surface area (Å²) in [4.78, 5) is 8.55. The topological polar surface area (TPSA) is 63.8 Å². The number of hydrogen-bond acceptors (Lipinski definition) is 4. The van der Waals surface area contributed by atoms with E-state index in [0.29, 0.717) is 18.5 Å². The van der Waals surface area contributed by atoms with Gasteiger partial charge in [0.1, 0.15) is 0 Å². The normalized spacial score (nSPS) is 14.5. The van der Waals surface area contributed by atoms with Crippen LogP contribution in [0, 0.1) is 0 Å². The second kappa shape index (κ2) is 4.74. The lowest BCUT2D eigenvalue weighted by molar-refractivity contribution is 0.760. The average Bonchev–Trinajstić information content (AvgIpc) is 2.82. The third kappa shape index (κ3) is 2.19. The van der Waals surface area contributed by atoms with Gasteiger partial charge in [0, 0.05) is 30.5 Å². The zero-order valence-corrected chi connectivity index (χ0v) is 10.1. The number of nitrogens with two attached hydrogens (primary N) is 1. The lowest BCUT2D eigenvalue weighted by atomic mass is 10.1. The molecular weight excluding hydrogens is 224 g/mol. The maximum Gasteiger partial charge on any atom is 0.222 e. The van der Waals surface area contributed by atoms with Crippen molar-refractivity contribution in [2.75, 3.05) is 5.32 Å². The van der Waals surface area contributed by atoms with Gasteiger partial charge in [0.25, 0.3) is 0 Å². The summed E-state index contributed by atoms with van der Waals surface area (Å²) in [6.07, 6.45) is 5.63. The number of benzene rings is 1. The van der Waals surface area contributed by atoms with Gasteiger partial charge in [-0.15, -0.1) is 0 Å². The summed E-state index contributed by atoms with van der Waals surface area (Å²) in [5, 5.41) is 3.38. The number of anilines is 1. The highest BCUT2D eigenvalue weighted by Crippen LogP contribution is 2.23. The van der Waals surface area contributed by atoms with Gasteiger partial charge in [0.15, 0.2) is 0 Å². The van der Waals surface area contributed by atoms with Crippen molar-refractivity contribution in [3.05, 3.63) is 53.3 Å². The summed E-state index contributed by atoms with van der Waals surface area (Å²) in [7, 11) is 0. The first-order chi connectivity index (χ1) is 8.85. The van der Waals surface area contributed by atoms with Crippen LogP contribution in [0.1, 0.15) is 16.7 Å². The summed E-state index contributed by atoms with van der Waals surface area (Å²) in [6.45, 7) is 0.481. The molecule has 1 heterocycles. The van der Waals surface area contributed by atoms with E-state index in [9.17, 15) is 0 Å². The van der Waals surface area contributed by atoms with E-state index < -0.39 is 0 Å².